The van der Waals surface area contributed by atoms with E-state index in [1.165, 1.54) is 6.07 Å². The molecule has 0 N–H and O–H groups in total. The minimum atomic E-state index is -0.424. The van der Waals surface area contributed by atoms with E-state index in [4.69, 9.17) is 16.3 Å². The van der Waals surface area contributed by atoms with Gasteiger partial charge in [-0.25, -0.2) is 4.39 Å². The van der Waals surface area contributed by atoms with Crippen LogP contribution in [-0.2, 0) is 19.5 Å². The molecule has 0 fully saturated rings. The molecule has 0 saturated heterocycles. The van der Waals surface area contributed by atoms with Gasteiger partial charge in [0.1, 0.15) is 12.3 Å². The van der Waals surface area contributed by atoms with Gasteiger partial charge in [-0.1, -0.05) is 11.3 Å². The molecule has 0 saturated carbocycles. The monoisotopic (exact) mass is 255 g/mol. The maximum atomic E-state index is 13.5. The second-order valence-corrected chi connectivity index (χ2v) is 3.84. The van der Waals surface area contributed by atoms with Gasteiger partial charge in [0.15, 0.2) is 11.6 Å². The molecular formula is C11H11ClFN3O. The van der Waals surface area contributed by atoms with Gasteiger partial charge < -0.3 is 4.74 Å². The molecule has 90 valence electrons. The fourth-order valence-corrected chi connectivity index (χ4v) is 1.52. The van der Waals surface area contributed by atoms with E-state index in [2.05, 4.69) is 10.3 Å². The Bertz CT molecular complexity index is 515. The van der Waals surface area contributed by atoms with Crippen molar-refractivity contribution in [3.63, 3.8) is 0 Å². The summed E-state index contributed by atoms with van der Waals surface area (Å²) in [4.78, 5) is 0. The zero-order valence-corrected chi connectivity index (χ0v) is 9.99. The lowest BCUT2D eigenvalue weighted by molar-refractivity contribution is 0.285. The van der Waals surface area contributed by atoms with Crippen LogP contribution in [0.3, 0.4) is 0 Å². The highest BCUT2D eigenvalue weighted by Gasteiger charge is 2.06. The molecule has 1 heterocycles. The Morgan fingerprint density at radius 3 is 2.88 bits per heavy atom. The van der Waals surface area contributed by atoms with E-state index in [1.807, 2.05) is 0 Å². The number of halogens is 2. The highest BCUT2D eigenvalue weighted by Crippen LogP contribution is 2.20. The van der Waals surface area contributed by atoms with Crippen LogP contribution in [-0.4, -0.2) is 15.0 Å². The molecule has 0 aliphatic rings. The van der Waals surface area contributed by atoms with E-state index in [-0.39, 0.29) is 18.2 Å². The molecule has 1 aromatic carbocycles. The van der Waals surface area contributed by atoms with Crippen LogP contribution in [0.4, 0.5) is 4.39 Å². The third kappa shape index (κ3) is 2.94. The molecule has 17 heavy (non-hydrogen) atoms. The third-order valence-corrected chi connectivity index (χ3v) is 2.48. The van der Waals surface area contributed by atoms with Gasteiger partial charge in [0, 0.05) is 12.9 Å². The predicted molar refractivity (Wildman–Crippen MR) is 61.3 cm³/mol. The minimum Gasteiger partial charge on any atom is -0.484 e. The zero-order chi connectivity index (χ0) is 12.3. The Balaban J connectivity index is 2.04. The van der Waals surface area contributed by atoms with Crippen molar-refractivity contribution in [2.45, 2.75) is 12.5 Å². The fraction of sp³-hybridized carbons (Fsp3) is 0.273. The first-order chi connectivity index (χ1) is 8.19. The number of aromatic nitrogens is 3. The van der Waals surface area contributed by atoms with Crippen molar-refractivity contribution in [1.29, 1.82) is 0 Å². The average Bonchev–Trinajstić information content (AvgIpc) is 2.73. The van der Waals surface area contributed by atoms with Crippen LogP contribution in [0, 0.1) is 5.82 Å². The van der Waals surface area contributed by atoms with Crippen molar-refractivity contribution in [3.05, 3.63) is 41.5 Å². The van der Waals surface area contributed by atoms with Crippen LogP contribution >= 0.6 is 11.6 Å². The Hall–Kier alpha value is -1.62. The largest absolute Gasteiger partial charge is 0.484 e. The first-order valence-electron chi connectivity index (χ1n) is 5.01. The normalized spacial score (nSPS) is 10.5. The summed E-state index contributed by atoms with van der Waals surface area (Å²) in [6.45, 7) is 0.185. The summed E-state index contributed by atoms with van der Waals surface area (Å²) in [5.74, 6) is 0.0398. The van der Waals surface area contributed by atoms with Gasteiger partial charge in [0.05, 0.1) is 6.20 Å². The van der Waals surface area contributed by atoms with Crippen molar-refractivity contribution in [1.82, 2.24) is 15.0 Å². The smallest absolute Gasteiger partial charge is 0.165 e. The van der Waals surface area contributed by atoms with E-state index >= 15 is 0 Å². The Morgan fingerprint density at radius 1 is 1.47 bits per heavy atom. The average molecular weight is 256 g/mol. The van der Waals surface area contributed by atoms with Crippen LogP contribution in [0.15, 0.2) is 24.4 Å². The summed E-state index contributed by atoms with van der Waals surface area (Å²) >= 11 is 5.60. The van der Waals surface area contributed by atoms with Crippen LogP contribution in [0.2, 0.25) is 0 Å². The summed E-state index contributed by atoms with van der Waals surface area (Å²) in [5, 5.41) is 7.59. The molecule has 4 nitrogen and oxygen atoms in total. The van der Waals surface area contributed by atoms with Gasteiger partial charge in [0.25, 0.3) is 0 Å². The first kappa shape index (κ1) is 11.9. The standard InChI is InChI=1S/C11H11ClFN3O/c1-16-6-9(14-15-16)7-17-11-3-2-8(5-12)4-10(11)13/h2-4,6H,5,7H2,1H3. The molecule has 0 atom stereocenters. The number of hydrogen-bond acceptors (Lipinski definition) is 3. The molecule has 1 aromatic heterocycles. The van der Waals surface area contributed by atoms with Gasteiger partial charge >= 0.3 is 0 Å². The Labute approximate surface area is 103 Å². The van der Waals surface area contributed by atoms with E-state index in [0.29, 0.717) is 5.69 Å². The van der Waals surface area contributed by atoms with E-state index in [0.717, 1.165) is 5.56 Å². The van der Waals surface area contributed by atoms with Crippen LogP contribution in [0.25, 0.3) is 0 Å². The number of nitrogens with zero attached hydrogens (tertiary/aromatic N) is 3. The molecule has 0 bridgehead atoms. The molecule has 2 rings (SSSR count). The van der Waals surface area contributed by atoms with E-state index in [1.54, 1.807) is 30.1 Å². The molecule has 2 aromatic rings. The van der Waals surface area contributed by atoms with E-state index in [9.17, 15) is 4.39 Å². The highest BCUT2D eigenvalue weighted by molar-refractivity contribution is 6.17. The Morgan fingerprint density at radius 2 is 2.29 bits per heavy atom. The molecule has 0 radical (unpaired) electrons. The third-order valence-electron chi connectivity index (χ3n) is 2.18. The number of hydrogen-bond donors (Lipinski definition) is 0. The maximum Gasteiger partial charge on any atom is 0.165 e. The van der Waals surface area contributed by atoms with Gasteiger partial charge in [0.2, 0.25) is 0 Å². The van der Waals surface area contributed by atoms with Crippen LogP contribution in [0.1, 0.15) is 11.3 Å². The maximum absolute atomic E-state index is 13.5. The van der Waals surface area contributed by atoms with Crippen molar-refractivity contribution in [2.75, 3.05) is 0 Å². The van der Waals surface area contributed by atoms with Crippen molar-refractivity contribution >= 4 is 11.6 Å². The summed E-state index contributed by atoms with van der Waals surface area (Å²) in [7, 11) is 1.76. The summed E-state index contributed by atoms with van der Waals surface area (Å²) < 4.78 is 20.4. The number of aryl methyl sites for hydroxylation is 1. The van der Waals surface area contributed by atoms with Crippen molar-refractivity contribution in [3.8, 4) is 5.75 Å². The number of benzene rings is 1. The van der Waals surface area contributed by atoms with Crippen LogP contribution < -0.4 is 4.74 Å². The lowest BCUT2D eigenvalue weighted by Crippen LogP contribution is -1.98. The number of alkyl halides is 1. The quantitative estimate of drug-likeness (QED) is 0.787. The summed E-state index contributed by atoms with van der Waals surface area (Å²) in [6, 6.07) is 4.64. The topological polar surface area (TPSA) is 39.9 Å². The fourth-order valence-electron chi connectivity index (χ4n) is 1.36. The SMILES string of the molecule is Cn1cc(COc2ccc(CCl)cc2F)nn1. The zero-order valence-electron chi connectivity index (χ0n) is 9.23. The van der Waals surface area contributed by atoms with Gasteiger partial charge in [-0.15, -0.1) is 16.7 Å². The van der Waals surface area contributed by atoms with Crippen molar-refractivity contribution in [2.24, 2.45) is 7.05 Å². The summed E-state index contributed by atoms with van der Waals surface area (Å²) in [6.07, 6.45) is 1.71. The molecular weight excluding hydrogens is 245 g/mol. The lowest BCUT2D eigenvalue weighted by Gasteiger charge is -2.06. The Kier molecular flexibility index (Phi) is 3.58. The molecule has 6 heteroatoms. The second kappa shape index (κ2) is 5.14. The lowest BCUT2D eigenvalue weighted by atomic mass is 10.2. The number of rotatable bonds is 4. The van der Waals surface area contributed by atoms with Gasteiger partial charge in [-0.05, 0) is 17.7 Å². The van der Waals surface area contributed by atoms with Gasteiger partial charge in [-0.3, -0.25) is 4.68 Å². The first-order valence-corrected chi connectivity index (χ1v) is 5.55. The predicted octanol–water partition coefficient (Wildman–Crippen LogP) is 2.27. The molecule has 0 amide bonds. The number of ether oxygens (including phenoxy) is 1. The molecule has 0 spiro atoms. The second-order valence-electron chi connectivity index (χ2n) is 3.57. The van der Waals surface area contributed by atoms with Crippen LogP contribution in [0.5, 0.6) is 5.75 Å². The summed E-state index contributed by atoms with van der Waals surface area (Å²) in [5.41, 5.74) is 1.37. The van der Waals surface area contributed by atoms with E-state index < -0.39 is 5.82 Å². The van der Waals surface area contributed by atoms with Gasteiger partial charge in [-0.2, -0.15) is 0 Å². The molecule has 0 aliphatic heterocycles. The molecule has 0 unspecified atom stereocenters. The molecule has 0 aliphatic carbocycles. The van der Waals surface area contributed by atoms with Crippen molar-refractivity contribution < 1.29 is 9.13 Å². The highest BCUT2D eigenvalue weighted by atomic mass is 35.5. The minimum absolute atomic E-state index is 0.185.